The van der Waals surface area contributed by atoms with Crippen molar-refractivity contribution in [2.45, 2.75) is 37.6 Å². The highest BCUT2D eigenvalue weighted by Crippen LogP contribution is 2.13. The van der Waals surface area contributed by atoms with E-state index in [0.717, 1.165) is 18.9 Å². The minimum Gasteiger partial charge on any atom is -0.478 e. The van der Waals surface area contributed by atoms with Crippen molar-refractivity contribution in [2.24, 2.45) is 0 Å². The molecule has 0 fully saturated rings. The van der Waals surface area contributed by atoms with E-state index in [1.165, 1.54) is 18.2 Å². The van der Waals surface area contributed by atoms with Crippen molar-refractivity contribution in [2.75, 3.05) is 5.75 Å². The predicted molar refractivity (Wildman–Crippen MR) is 78.0 cm³/mol. The quantitative estimate of drug-likeness (QED) is 0.793. The van der Waals surface area contributed by atoms with Crippen molar-refractivity contribution in [3.63, 3.8) is 0 Å². The van der Waals surface area contributed by atoms with Gasteiger partial charge in [-0.2, -0.15) is 0 Å². The van der Waals surface area contributed by atoms with E-state index in [0.29, 0.717) is 0 Å². The molecular weight excluding hydrogens is 294 g/mol. The van der Waals surface area contributed by atoms with Gasteiger partial charge in [-0.25, -0.2) is 13.2 Å². The number of hydrogen-bond donors (Lipinski definition) is 2. The van der Waals surface area contributed by atoms with Gasteiger partial charge in [-0.1, -0.05) is 19.9 Å². The highest BCUT2D eigenvalue weighted by atomic mass is 32.2. The molecule has 0 unspecified atom stereocenters. The molecule has 7 heteroatoms. The van der Waals surface area contributed by atoms with E-state index in [2.05, 4.69) is 5.32 Å². The van der Waals surface area contributed by atoms with Crippen molar-refractivity contribution in [3.8, 4) is 0 Å². The first-order chi connectivity index (χ1) is 9.80. The van der Waals surface area contributed by atoms with Gasteiger partial charge in [0.25, 0.3) is 0 Å². The lowest BCUT2D eigenvalue weighted by Gasteiger charge is -2.14. The van der Waals surface area contributed by atoms with Crippen molar-refractivity contribution in [3.05, 3.63) is 29.8 Å². The third kappa shape index (κ3) is 4.86. The van der Waals surface area contributed by atoms with Gasteiger partial charge in [0.05, 0.1) is 10.5 Å². The van der Waals surface area contributed by atoms with Crippen LogP contribution in [-0.2, 0) is 14.6 Å². The Kier molecular flexibility index (Phi) is 5.90. The molecule has 1 aromatic rings. The molecule has 0 saturated carbocycles. The molecule has 0 aliphatic heterocycles. The van der Waals surface area contributed by atoms with Crippen LogP contribution < -0.4 is 5.32 Å². The Morgan fingerprint density at radius 1 is 1.24 bits per heavy atom. The van der Waals surface area contributed by atoms with Gasteiger partial charge in [-0.3, -0.25) is 4.79 Å². The number of carbonyl (C=O) groups excluding carboxylic acids is 1. The summed E-state index contributed by atoms with van der Waals surface area (Å²) in [7, 11) is -3.85. The van der Waals surface area contributed by atoms with Gasteiger partial charge < -0.3 is 10.4 Å². The van der Waals surface area contributed by atoms with Crippen LogP contribution >= 0.6 is 0 Å². The smallest absolute Gasteiger partial charge is 0.335 e. The summed E-state index contributed by atoms with van der Waals surface area (Å²) >= 11 is 0. The van der Waals surface area contributed by atoms with Crippen LogP contribution in [-0.4, -0.2) is 37.2 Å². The van der Waals surface area contributed by atoms with Gasteiger partial charge >= 0.3 is 5.97 Å². The number of sulfone groups is 1. The number of benzene rings is 1. The second kappa shape index (κ2) is 7.21. The topological polar surface area (TPSA) is 101 Å². The number of amides is 1. The fraction of sp³-hybridized carbons (Fsp3) is 0.429. The SMILES string of the molecule is CCC(CC)NC(=O)CS(=O)(=O)c1cccc(C(=O)O)c1. The van der Waals surface area contributed by atoms with E-state index in [-0.39, 0.29) is 16.5 Å². The van der Waals surface area contributed by atoms with Gasteiger partial charge in [0, 0.05) is 6.04 Å². The summed E-state index contributed by atoms with van der Waals surface area (Å²) in [5, 5.41) is 11.5. The highest BCUT2D eigenvalue weighted by molar-refractivity contribution is 7.92. The second-order valence-electron chi connectivity index (χ2n) is 4.67. The minimum absolute atomic E-state index is 0.0574. The fourth-order valence-corrected chi connectivity index (χ4v) is 3.03. The summed E-state index contributed by atoms with van der Waals surface area (Å²) in [5.74, 6) is -2.48. The van der Waals surface area contributed by atoms with Gasteiger partial charge in [0.1, 0.15) is 5.75 Å². The largest absolute Gasteiger partial charge is 0.478 e. The molecule has 0 spiro atoms. The maximum Gasteiger partial charge on any atom is 0.335 e. The Hall–Kier alpha value is -1.89. The van der Waals surface area contributed by atoms with Crippen LogP contribution in [0.15, 0.2) is 29.2 Å². The third-order valence-corrected chi connectivity index (χ3v) is 4.73. The molecule has 0 aromatic heterocycles. The van der Waals surface area contributed by atoms with E-state index in [4.69, 9.17) is 5.11 Å². The number of carbonyl (C=O) groups is 2. The predicted octanol–water partition coefficient (Wildman–Crippen LogP) is 1.46. The van der Waals surface area contributed by atoms with Crippen molar-refractivity contribution >= 4 is 21.7 Å². The number of rotatable bonds is 7. The molecule has 0 radical (unpaired) electrons. The zero-order valence-electron chi connectivity index (χ0n) is 12.0. The average molecular weight is 313 g/mol. The lowest BCUT2D eigenvalue weighted by molar-refractivity contribution is -0.119. The first-order valence-electron chi connectivity index (χ1n) is 6.65. The van der Waals surface area contributed by atoms with Crippen LogP contribution in [0.5, 0.6) is 0 Å². The van der Waals surface area contributed by atoms with E-state index in [9.17, 15) is 18.0 Å². The second-order valence-corrected chi connectivity index (χ2v) is 6.66. The number of aromatic carboxylic acids is 1. The van der Waals surface area contributed by atoms with Crippen LogP contribution in [0.4, 0.5) is 0 Å². The summed E-state index contributed by atoms with van der Waals surface area (Å²) in [4.78, 5) is 22.5. The molecule has 1 rings (SSSR count). The zero-order valence-corrected chi connectivity index (χ0v) is 12.8. The molecule has 0 aliphatic rings. The first kappa shape index (κ1) is 17.2. The molecule has 0 bridgehead atoms. The molecule has 21 heavy (non-hydrogen) atoms. The Morgan fingerprint density at radius 3 is 2.38 bits per heavy atom. The Bertz CT molecular complexity index is 620. The van der Waals surface area contributed by atoms with E-state index in [1.807, 2.05) is 13.8 Å². The molecule has 6 nitrogen and oxygen atoms in total. The third-order valence-electron chi connectivity index (χ3n) is 3.11. The van der Waals surface area contributed by atoms with Crippen LogP contribution in [0, 0.1) is 0 Å². The fourth-order valence-electron chi connectivity index (χ4n) is 1.84. The van der Waals surface area contributed by atoms with Crippen LogP contribution in [0.2, 0.25) is 0 Å². The Morgan fingerprint density at radius 2 is 1.86 bits per heavy atom. The number of nitrogens with one attached hydrogen (secondary N) is 1. The number of hydrogen-bond acceptors (Lipinski definition) is 4. The van der Waals surface area contributed by atoms with Gasteiger partial charge in [-0.15, -0.1) is 0 Å². The van der Waals surface area contributed by atoms with Crippen LogP contribution in [0.25, 0.3) is 0 Å². The van der Waals surface area contributed by atoms with Gasteiger partial charge in [0.15, 0.2) is 9.84 Å². The molecule has 1 amide bonds. The molecular formula is C14H19NO5S. The van der Waals surface area contributed by atoms with Crippen molar-refractivity contribution in [1.29, 1.82) is 0 Å². The first-order valence-corrected chi connectivity index (χ1v) is 8.30. The molecule has 116 valence electrons. The molecule has 0 atom stereocenters. The zero-order chi connectivity index (χ0) is 16.0. The summed E-state index contributed by atoms with van der Waals surface area (Å²) in [6.07, 6.45) is 1.44. The molecule has 0 aliphatic carbocycles. The lowest BCUT2D eigenvalue weighted by Crippen LogP contribution is -2.37. The van der Waals surface area contributed by atoms with E-state index >= 15 is 0 Å². The van der Waals surface area contributed by atoms with E-state index in [1.54, 1.807) is 0 Å². The standard InChI is InChI=1S/C14H19NO5S/c1-3-11(4-2)15-13(16)9-21(19,20)12-7-5-6-10(8-12)14(17)18/h5-8,11H,3-4,9H2,1-2H3,(H,15,16)(H,17,18). The Labute approximate surface area is 124 Å². The summed E-state index contributed by atoms with van der Waals surface area (Å²) < 4.78 is 24.2. The monoisotopic (exact) mass is 313 g/mol. The average Bonchev–Trinajstić information content (AvgIpc) is 2.44. The van der Waals surface area contributed by atoms with Gasteiger partial charge in [0.2, 0.25) is 5.91 Å². The van der Waals surface area contributed by atoms with Crippen LogP contribution in [0.1, 0.15) is 37.0 Å². The number of carboxylic acids is 1. The minimum atomic E-state index is -3.85. The lowest BCUT2D eigenvalue weighted by atomic mass is 10.2. The summed E-state index contributed by atoms with van der Waals surface area (Å²) in [5.41, 5.74) is -0.128. The molecule has 0 heterocycles. The molecule has 2 N–H and O–H groups in total. The molecule has 1 aromatic carbocycles. The Balaban J connectivity index is 2.89. The van der Waals surface area contributed by atoms with Gasteiger partial charge in [-0.05, 0) is 31.0 Å². The summed E-state index contributed by atoms with van der Waals surface area (Å²) in [6, 6.07) is 4.92. The molecule has 0 saturated heterocycles. The maximum atomic E-state index is 12.1. The highest BCUT2D eigenvalue weighted by Gasteiger charge is 2.21. The normalized spacial score (nSPS) is 11.4. The van der Waals surface area contributed by atoms with Crippen LogP contribution in [0.3, 0.4) is 0 Å². The van der Waals surface area contributed by atoms with E-state index < -0.39 is 27.5 Å². The van der Waals surface area contributed by atoms with Crippen molar-refractivity contribution < 1.29 is 23.1 Å². The van der Waals surface area contributed by atoms with Crippen molar-refractivity contribution in [1.82, 2.24) is 5.32 Å². The summed E-state index contributed by atoms with van der Waals surface area (Å²) in [6.45, 7) is 3.80. The maximum absolute atomic E-state index is 12.1. The number of carboxylic acid groups (broad SMARTS) is 1.